The van der Waals surface area contributed by atoms with Crippen LogP contribution in [0.5, 0.6) is 0 Å². The van der Waals surface area contributed by atoms with Crippen molar-refractivity contribution in [3.05, 3.63) is 22.5 Å². The third-order valence-electron chi connectivity index (χ3n) is 1.24. The molecule has 0 radical (unpaired) electrons. The number of hydrogen-bond donors (Lipinski definition) is 1. The van der Waals surface area contributed by atoms with E-state index in [1.807, 2.05) is 0 Å². The molecule has 0 amide bonds. The molecule has 76 valence electrons. The van der Waals surface area contributed by atoms with Gasteiger partial charge in [-0.25, -0.2) is 4.79 Å². The number of hydrogen-bond acceptors (Lipinski definition) is 3. The lowest BCUT2D eigenvalue weighted by Crippen LogP contribution is -2.12. The molecule has 0 aliphatic carbocycles. The van der Waals surface area contributed by atoms with Crippen LogP contribution in [0.1, 0.15) is 16.2 Å². The highest BCUT2D eigenvalue weighted by molar-refractivity contribution is 6.33. The Bertz CT molecular complexity index is 380. The highest BCUT2D eigenvalue weighted by Crippen LogP contribution is 2.29. The van der Waals surface area contributed by atoms with Crippen molar-refractivity contribution < 1.29 is 23.1 Å². The third kappa shape index (κ3) is 2.11. The van der Waals surface area contributed by atoms with Gasteiger partial charge in [-0.15, -0.1) is 10.2 Å². The second kappa shape index (κ2) is 3.41. The fourth-order valence-corrected chi connectivity index (χ4v) is 0.874. The number of nitrogens with zero attached hydrogens (tertiary/aromatic N) is 2. The summed E-state index contributed by atoms with van der Waals surface area (Å²) in [6, 6.07) is 0.415. The summed E-state index contributed by atoms with van der Waals surface area (Å²) in [7, 11) is 0. The molecule has 0 bridgehead atoms. The van der Waals surface area contributed by atoms with Crippen LogP contribution in [0, 0.1) is 0 Å². The highest BCUT2D eigenvalue weighted by Gasteiger charge is 2.34. The molecule has 0 aromatic carbocycles. The molecule has 4 nitrogen and oxygen atoms in total. The van der Waals surface area contributed by atoms with E-state index in [1.165, 1.54) is 0 Å². The van der Waals surface area contributed by atoms with Gasteiger partial charge in [0.15, 0.2) is 11.4 Å². The van der Waals surface area contributed by atoms with Crippen molar-refractivity contribution in [1.82, 2.24) is 10.2 Å². The van der Waals surface area contributed by atoms with Crippen LogP contribution in [0.25, 0.3) is 0 Å². The van der Waals surface area contributed by atoms with E-state index in [0.717, 1.165) is 0 Å². The van der Waals surface area contributed by atoms with E-state index in [2.05, 4.69) is 10.2 Å². The first kappa shape index (κ1) is 10.7. The average Bonchev–Trinajstić information content (AvgIpc) is 2.01. The zero-order chi connectivity index (χ0) is 10.9. The predicted molar refractivity (Wildman–Crippen MR) is 39.0 cm³/mol. The monoisotopic (exact) mass is 226 g/mol. The van der Waals surface area contributed by atoms with Crippen molar-refractivity contribution in [2.75, 3.05) is 0 Å². The number of carboxylic acid groups (broad SMARTS) is 1. The molecule has 1 aromatic rings. The molecule has 1 heterocycles. The number of alkyl halides is 3. The van der Waals surface area contributed by atoms with Crippen LogP contribution in [0.15, 0.2) is 6.07 Å². The zero-order valence-electron chi connectivity index (χ0n) is 6.34. The second-order valence-corrected chi connectivity index (χ2v) is 2.64. The molecule has 0 spiro atoms. The summed E-state index contributed by atoms with van der Waals surface area (Å²) in [6.45, 7) is 0. The molecular formula is C6H2ClF3N2O2. The Balaban J connectivity index is 3.20. The van der Waals surface area contributed by atoms with Crippen LogP contribution < -0.4 is 0 Å². The van der Waals surface area contributed by atoms with E-state index in [4.69, 9.17) is 16.7 Å². The van der Waals surface area contributed by atoms with Gasteiger partial charge in [0.05, 0.1) is 5.02 Å². The molecule has 0 fully saturated rings. The van der Waals surface area contributed by atoms with Gasteiger partial charge in [0.25, 0.3) is 0 Å². The van der Waals surface area contributed by atoms with Crippen molar-refractivity contribution in [3.8, 4) is 0 Å². The number of rotatable bonds is 1. The standard InChI is InChI=1S/C6H2ClF3N2O2/c7-2-1-3(6(8,9)10)11-12-4(2)5(13)14/h1H,(H,13,14). The third-order valence-corrected chi connectivity index (χ3v) is 1.53. The van der Waals surface area contributed by atoms with Gasteiger partial charge in [-0.3, -0.25) is 0 Å². The molecule has 14 heavy (non-hydrogen) atoms. The summed E-state index contributed by atoms with van der Waals surface area (Å²) in [5.74, 6) is -1.53. The Morgan fingerprint density at radius 2 is 2.00 bits per heavy atom. The van der Waals surface area contributed by atoms with E-state index in [-0.39, 0.29) is 0 Å². The molecule has 0 aliphatic heterocycles. The molecule has 1 rings (SSSR count). The summed E-state index contributed by atoms with van der Waals surface area (Å²) in [5.41, 5.74) is -2.04. The number of carboxylic acids is 1. The minimum atomic E-state index is -4.69. The molecular weight excluding hydrogens is 225 g/mol. The van der Waals surface area contributed by atoms with Crippen LogP contribution in [0.4, 0.5) is 13.2 Å². The predicted octanol–water partition coefficient (Wildman–Crippen LogP) is 1.85. The first-order chi connectivity index (χ1) is 6.32. The van der Waals surface area contributed by atoms with Gasteiger partial charge in [0.2, 0.25) is 0 Å². The molecule has 0 unspecified atom stereocenters. The Hall–Kier alpha value is -1.37. The van der Waals surface area contributed by atoms with Gasteiger partial charge in [0, 0.05) is 0 Å². The average molecular weight is 227 g/mol. The summed E-state index contributed by atoms with van der Waals surface area (Å²) in [4.78, 5) is 10.3. The molecule has 1 aromatic heterocycles. The number of aromatic carboxylic acids is 1. The van der Waals surface area contributed by atoms with Crippen molar-refractivity contribution in [2.24, 2.45) is 0 Å². The molecule has 8 heteroatoms. The lowest BCUT2D eigenvalue weighted by atomic mass is 10.3. The van der Waals surface area contributed by atoms with Crippen LogP contribution in [0.2, 0.25) is 5.02 Å². The fourth-order valence-electron chi connectivity index (χ4n) is 0.652. The molecule has 0 atom stereocenters. The summed E-state index contributed by atoms with van der Waals surface area (Å²) in [6.07, 6.45) is -4.69. The van der Waals surface area contributed by atoms with Crippen molar-refractivity contribution in [2.45, 2.75) is 6.18 Å². The normalized spacial score (nSPS) is 11.4. The largest absolute Gasteiger partial charge is 0.476 e. The fraction of sp³-hybridized carbons (Fsp3) is 0.167. The van der Waals surface area contributed by atoms with E-state index in [0.29, 0.717) is 6.07 Å². The number of halogens is 4. The maximum absolute atomic E-state index is 12.0. The van der Waals surface area contributed by atoms with Crippen LogP contribution >= 0.6 is 11.6 Å². The van der Waals surface area contributed by atoms with E-state index >= 15 is 0 Å². The first-order valence-corrected chi connectivity index (χ1v) is 3.54. The van der Waals surface area contributed by atoms with E-state index in [9.17, 15) is 18.0 Å². The minimum Gasteiger partial charge on any atom is -0.476 e. The van der Waals surface area contributed by atoms with Crippen LogP contribution in [-0.2, 0) is 6.18 Å². The van der Waals surface area contributed by atoms with Crippen LogP contribution in [0.3, 0.4) is 0 Å². The zero-order valence-corrected chi connectivity index (χ0v) is 7.10. The Morgan fingerprint density at radius 1 is 1.43 bits per heavy atom. The molecule has 0 saturated heterocycles. The Morgan fingerprint density at radius 3 is 2.36 bits per heavy atom. The van der Waals surface area contributed by atoms with Gasteiger partial charge < -0.3 is 5.11 Å². The summed E-state index contributed by atoms with van der Waals surface area (Å²) in [5, 5.41) is 13.3. The SMILES string of the molecule is O=C(O)c1nnc(C(F)(F)F)cc1Cl. The number of carbonyl (C=O) groups is 1. The first-order valence-electron chi connectivity index (χ1n) is 3.16. The van der Waals surface area contributed by atoms with Crippen molar-refractivity contribution in [3.63, 3.8) is 0 Å². The summed E-state index contributed by atoms with van der Waals surface area (Å²) < 4.78 is 36.0. The number of aromatic nitrogens is 2. The van der Waals surface area contributed by atoms with Gasteiger partial charge in [0.1, 0.15) is 0 Å². The molecule has 1 N–H and O–H groups in total. The van der Waals surface area contributed by atoms with Gasteiger partial charge in [-0.1, -0.05) is 11.6 Å². The Kier molecular flexibility index (Phi) is 2.61. The summed E-state index contributed by atoms with van der Waals surface area (Å²) >= 11 is 5.25. The van der Waals surface area contributed by atoms with Gasteiger partial charge in [-0.2, -0.15) is 13.2 Å². The topological polar surface area (TPSA) is 63.1 Å². The van der Waals surface area contributed by atoms with Gasteiger partial charge >= 0.3 is 12.1 Å². The van der Waals surface area contributed by atoms with Crippen molar-refractivity contribution >= 4 is 17.6 Å². The van der Waals surface area contributed by atoms with E-state index < -0.39 is 28.6 Å². The molecule has 0 aliphatic rings. The van der Waals surface area contributed by atoms with E-state index in [1.54, 1.807) is 0 Å². The lowest BCUT2D eigenvalue weighted by Gasteiger charge is -2.05. The maximum Gasteiger partial charge on any atom is 0.435 e. The lowest BCUT2D eigenvalue weighted by molar-refractivity contribution is -0.141. The Labute approximate surface area is 80.3 Å². The minimum absolute atomic E-state index is 0.415. The second-order valence-electron chi connectivity index (χ2n) is 2.23. The highest BCUT2D eigenvalue weighted by atomic mass is 35.5. The maximum atomic E-state index is 12.0. The van der Waals surface area contributed by atoms with Gasteiger partial charge in [-0.05, 0) is 6.07 Å². The van der Waals surface area contributed by atoms with Crippen molar-refractivity contribution in [1.29, 1.82) is 0 Å². The quantitative estimate of drug-likeness (QED) is 0.794. The van der Waals surface area contributed by atoms with Crippen LogP contribution in [-0.4, -0.2) is 21.3 Å². The smallest absolute Gasteiger partial charge is 0.435 e. The molecule has 0 saturated carbocycles.